The molecule has 1 rings (SSSR count). The second-order valence-corrected chi connectivity index (χ2v) is 3.62. The molecule has 0 aliphatic rings. The predicted octanol–water partition coefficient (Wildman–Crippen LogP) is 6.08. The highest BCUT2D eigenvalue weighted by Crippen LogP contribution is 2.23. The van der Waals surface area contributed by atoms with Crippen molar-refractivity contribution in [1.29, 1.82) is 0 Å². The Hall–Kier alpha value is -1.50. The summed E-state index contributed by atoms with van der Waals surface area (Å²) in [7, 11) is 0. The molecule has 1 aromatic heterocycles. The second-order valence-electron chi connectivity index (χ2n) is 3.62. The van der Waals surface area contributed by atoms with Crippen LogP contribution in [0.2, 0.25) is 0 Å². The Bertz CT molecular complexity index is 388. The standard InChI is InChI=1S/C13H17N.2C2H6/c1-6-11-12(8-9(3)4)10(5)14-13(11)7-2;2*1-2/h6-8,14H,1-2H2,3-5H3;2*1-2H3. The number of allylic oxidation sites excluding steroid dienone is 1. The average molecular weight is 247 g/mol. The largest absolute Gasteiger partial charge is 0.358 e. The molecular formula is C17H29N. The van der Waals surface area contributed by atoms with E-state index in [1.54, 1.807) is 0 Å². The Morgan fingerprint density at radius 3 is 1.78 bits per heavy atom. The van der Waals surface area contributed by atoms with Crippen LogP contribution in [0.1, 0.15) is 64.1 Å². The fourth-order valence-electron chi connectivity index (χ4n) is 1.54. The Morgan fingerprint density at radius 2 is 1.44 bits per heavy atom. The van der Waals surface area contributed by atoms with Crippen LogP contribution in [0.15, 0.2) is 18.7 Å². The number of hydrogen-bond acceptors (Lipinski definition) is 0. The highest BCUT2D eigenvalue weighted by molar-refractivity contribution is 5.74. The van der Waals surface area contributed by atoms with E-state index >= 15 is 0 Å². The summed E-state index contributed by atoms with van der Waals surface area (Å²) in [5.74, 6) is 0. The van der Waals surface area contributed by atoms with Crippen LogP contribution in [0.25, 0.3) is 18.2 Å². The van der Waals surface area contributed by atoms with Gasteiger partial charge in [0, 0.05) is 22.5 Å². The normalized spacial score (nSPS) is 8.17. The van der Waals surface area contributed by atoms with Gasteiger partial charge in [0.1, 0.15) is 0 Å². The van der Waals surface area contributed by atoms with Crippen molar-refractivity contribution in [2.24, 2.45) is 0 Å². The van der Waals surface area contributed by atoms with Crippen molar-refractivity contribution >= 4 is 18.2 Å². The molecule has 0 aliphatic heterocycles. The molecule has 0 unspecified atom stereocenters. The molecule has 0 bridgehead atoms. The van der Waals surface area contributed by atoms with Crippen molar-refractivity contribution in [2.75, 3.05) is 0 Å². The molecule has 0 aliphatic carbocycles. The van der Waals surface area contributed by atoms with E-state index in [9.17, 15) is 0 Å². The van der Waals surface area contributed by atoms with Crippen molar-refractivity contribution in [2.45, 2.75) is 48.5 Å². The lowest BCUT2D eigenvalue weighted by Crippen LogP contribution is -1.78. The van der Waals surface area contributed by atoms with Crippen molar-refractivity contribution in [1.82, 2.24) is 4.98 Å². The summed E-state index contributed by atoms with van der Waals surface area (Å²) >= 11 is 0. The maximum absolute atomic E-state index is 3.82. The molecule has 1 heterocycles. The van der Waals surface area contributed by atoms with Crippen molar-refractivity contribution < 1.29 is 0 Å². The molecule has 0 saturated heterocycles. The van der Waals surface area contributed by atoms with E-state index in [4.69, 9.17) is 0 Å². The first-order valence-electron chi connectivity index (χ1n) is 6.72. The fraction of sp³-hybridized carbons (Fsp3) is 0.412. The SMILES string of the molecule is C=Cc1[nH]c(C)c(C=C(C)C)c1C=C.CC.CC. The molecule has 18 heavy (non-hydrogen) atoms. The Kier molecular flexibility index (Phi) is 11.1. The summed E-state index contributed by atoms with van der Waals surface area (Å²) < 4.78 is 0. The van der Waals surface area contributed by atoms with E-state index in [1.165, 1.54) is 11.1 Å². The maximum Gasteiger partial charge on any atom is 0.0456 e. The minimum Gasteiger partial charge on any atom is -0.358 e. The average Bonchev–Trinajstić information content (AvgIpc) is 2.70. The number of aromatic nitrogens is 1. The van der Waals surface area contributed by atoms with Gasteiger partial charge in [-0.2, -0.15) is 0 Å². The molecule has 0 spiro atoms. The Balaban J connectivity index is 0. The van der Waals surface area contributed by atoms with Gasteiger partial charge in [-0.3, -0.25) is 0 Å². The van der Waals surface area contributed by atoms with Gasteiger partial charge >= 0.3 is 0 Å². The summed E-state index contributed by atoms with van der Waals surface area (Å²) in [6.45, 7) is 21.8. The van der Waals surface area contributed by atoms with Gasteiger partial charge in [-0.05, 0) is 26.8 Å². The van der Waals surface area contributed by atoms with Crippen LogP contribution in [0.5, 0.6) is 0 Å². The van der Waals surface area contributed by atoms with E-state index in [2.05, 4.69) is 45.0 Å². The maximum atomic E-state index is 3.82. The predicted molar refractivity (Wildman–Crippen MR) is 87.7 cm³/mol. The number of nitrogens with one attached hydrogen (secondary N) is 1. The quantitative estimate of drug-likeness (QED) is 0.665. The third-order valence-corrected chi connectivity index (χ3v) is 2.15. The van der Waals surface area contributed by atoms with Crippen molar-refractivity contribution in [3.8, 4) is 0 Å². The summed E-state index contributed by atoms with van der Waals surface area (Å²) in [5.41, 5.74) is 5.85. The first-order valence-corrected chi connectivity index (χ1v) is 6.72. The van der Waals surface area contributed by atoms with E-state index < -0.39 is 0 Å². The first kappa shape index (κ1) is 18.9. The zero-order valence-electron chi connectivity index (χ0n) is 13.1. The number of aromatic amines is 1. The summed E-state index contributed by atoms with van der Waals surface area (Å²) in [4.78, 5) is 3.29. The molecule has 0 fully saturated rings. The first-order chi connectivity index (χ1) is 8.60. The minimum absolute atomic E-state index is 1.05. The number of aryl methyl sites for hydroxylation is 1. The van der Waals surface area contributed by atoms with Crippen LogP contribution >= 0.6 is 0 Å². The fourth-order valence-corrected chi connectivity index (χ4v) is 1.54. The zero-order chi connectivity index (χ0) is 14.7. The molecule has 1 aromatic rings. The van der Waals surface area contributed by atoms with E-state index in [1.807, 2.05) is 39.8 Å². The van der Waals surface area contributed by atoms with Gasteiger partial charge in [-0.1, -0.05) is 58.6 Å². The summed E-state index contributed by atoms with van der Waals surface area (Å²) in [5, 5.41) is 0. The van der Waals surface area contributed by atoms with Crippen molar-refractivity contribution in [3.63, 3.8) is 0 Å². The van der Waals surface area contributed by atoms with Gasteiger partial charge in [0.2, 0.25) is 0 Å². The highest BCUT2D eigenvalue weighted by Gasteiger charge is 2.07. The molecule has 0 aromatic carbocycles. The van der Waals surface area contributed by atoms with Crippen LogP contribution in [0.4, 0.5) is 0 Å². The summed E-state index contributed by atoms with van der Waals surface area (Å²) in [6.07, 6.45) is 5.86. The lowest BCUT2D eigenvalue weighted by atomic mass is 10.1. The molecule has 0 saturated carbocycles. The molecule has 102 valence electrons. The van der Waals surface area contributed by atoms with Crippen LogP contribution in [-0.2, 0) is 0 Å². The molecule has 1 N–H and O–H groups in total. The smallest absolute Gasteiger partial charge is 0.0456 e. The minimum atomic E-state index is 1.05. The third-order valence-electron chi connectivity index (χ3n) is 2.15. The Labute approximate surface area is 113 Å². The monoisotopic (exact) mass is 247 g/mol. The molecular weight excluding hydrogens is 218 g/mol. The summed E-state index contributed by atoms with van der Waals surface area (Å²) in [6, 6.07) is 0. The second kappa shape index (κ2) is 10.6. The van der Waals surface area contributed by atoms with E-state index in [-0.39, 0.29) is 0 Å². The highest BCUT2D eigenvalue weighted by atomic mass is 14.7. The van der Waals surface area contributed by atoms with Crippen LogP contribution < -0.4 is 0 Å². The molecule has 1 heteroatoms. The molecule has 0 amide bonds. The number of rotatable bonds is 3. The van der Waals surface area contributed by atoms with Gasteiger partial charge in [-0.15, -0.1) is 0 Å². The number of hydrogen-bond donors (Lipinski definition) is 1. The van der Waals surface area contributed by atoms with Crippen LogP contribution in [0, 0.1) is 6.92 Å². The van der Waals surface area contributed by atoms with Gasteiger partial charge in [0.15, 0.2) is 0 Å². The Morgan fingerprint density at radius 1 is 0.944 bits per heavy atom. The van der Waals surface area contributed by atoms with E-state index in [0.29, 0.717) is 0 Å². The molecule has 0 radical (unpaired) electrons. The van der Waals surface area contributed by atoms with E-state index in [0.717, 1.165) is 17.0 Å². The molecule has 1 nitrogen and oxygen atoms in total. The lowest BCUT2D eigenvalue weighted by Gasteiger charge is -1.96. The van der Waals surface area contributed by atoms with Gasteiger partial charge in [0.25, 0.3) is 0 Å². The third kappa shape index (κ3) is 5.22. The van der Waals surface area contributed by atoms with Gasteiger partial charge in [0.05, 0.1) is 0 Å². The van der Waals surface area contributed by atoms with Crippen LogP contribution in [0.3, 0.4) is 0 Å². The van der Waals surface area contributed by atoms with Gasteiger partial charge < -0.3 is 4.98 Å². The van der Waals surface area contributed by atoms with Crippen molar-refractivity contribution in [3.05, 3.63) is 41.2 Å². The lowest BCUT2D eigenvalue weighted by molar-refractivity contribution is 1.24. The topological polar surface area (TPSA) is 15.8 Å². The molecule has 0 atom stereocenters. The van der Waals surface area contributed by atoms with Gasteiger partial charge in [-0.25, -0.2) is 0 Å². The zero-order valence-corrected chi connectivity index (χ0v) is 13.1. The number of H-pyrrole nitrogens is 1. The van der Waals surface area contributed by atoms with Crippen LogP contribution in [-0.4, -0.2) is 4.98 Å².